The molecule has 4 rings (SSSR count). The van der Waals surface area contributed by atoms with Crippen molar-refractivity contribution >= 4 is 34.9 Å². The fourth-order valence-corrected chi connectivity index (χ4v) is 3.82. The summed E-state index contributed by atoms with van der Waals surface area (Å²) in [4.78, 5) is 28.9. The maximum Gasteiger partial charge on any atom is 0.324 e. The Morgan fingerprint density at radius 1 is 0.871 bits per heavy atom. The Balaban J connectivity index is 1.38. The monoisotopic (exact) mass is 433 g/mol. The van der Waals surface area contributed by atoms with Crippen molar-refractivity contribution in [3.8, 4) is 0 Å². The molecule has 3 amide bonds. The van der Waals surface area contributed by atoms with Gasteiger partial charge >= 0.3 is 6.03 Å². The Morgan fingerprint density at radius 2 is 1.58 bits per heavy atom. The van der Waals surface area contributed by atoms with E-state index in [0.717, 1.165) is 29.8 Å². The first-order valence-corrected chi connectivity index (χ1v) is 10.7. The van der Waals surface area contributed by atoms with E-state index in [1.54, 1.807) is 4.90 Å². The smallest absolute Gasteiger partial charge is 0.324 e. The molecule has 5 nitrogen and oxygen atoms in total. The van der Waals surface area contributed by atoms with E-state index in [1.807, 2.05) is 83.8 Å². The predicted octanol–water partition coefficient (Wildman–Crippen LogP) is 5.35. The highest BCUT2D eigenvalue weighted by Crippen LogP contribution is 2.24. The zero-order chi connectivity index (χ0) is 21.6. The number of rotatable bonds is 6. The Bertz CT molecular complexity index is 1040. The molecular formula is C25H24ClN3O2. The van der Waals surface area contributed by atoms with Crippen molar-refractivity contribution in [1.82, 2.24) is 4.90 Å². The Labute approximate surface area is 187 Å². The van der Waals surface area contributed by atoms with Gasteiger partial charge in [0.25, 0.3) is 0 Å². The van der Waals surface area contributed by atoms with E-state index in [1.165, 1.54) is 0 Å². The summed E-state index contributed by atoms with van der Waals surface area (Å²) in [6.07, 6.45) is 1.22. The van der Waals surface area contributed by atoms with Gasteiger partial charge in [0.1, 0.15) is 0 Å². The first-order chi connectivity index (χ1) is 15.1. The molecule has 0 unspecified atom stereocenters. The minimum atomic E-state index is -0.0675. The highest BCUT2D eigenvalue weighted by Gasteiger charge is 2.26. The average Bonchev–Trinajstić information content (AvgIpc) is 2.78. The van der Waals surface area contributed by atoms with Crippen LogP contribution >= 0.6 is 11.6 Å². The largest absolute Gasteiger partial charge is 0.326 e. The first kappa shape index (κ1) is 20.9. The van der Waals surface area contributed by atoms with Crippen molar-refractivity contribution in [2.24, 2.45) is 0 Å². The van der Waals surface area contributed by atoms with Crippen molar-refractivity contribution in [2.45, 2.75) is 19.4 Å². The van der Waals surface area contributed by atoms with Crippen molar-refractivity contribution in [2.75, 3.05) is 23.3 Å². The van der Waals surface area contributed by atoms with E-state index in [-0.39, 0.29) is 11.9 Å². The van der Waals surface area contributed by atoms with Crippen molar-refractivity contribution in [3.63, 3.8) is 0 Å². The van der Waals surface area contributed by atoms with Crippen LogP contribution < -0.4 is 10.2 Å². The highest BCUT2D eigenvalue weighted by atomic mass is 35.5. The first-order valence-electron chi connectivity index (χ1n) is 10.3. The summed E-state index contributed by atoms with van der Waals surface area (Å²) in [6.45, 7) is 1.96. The van der Waals surface area contributed by atoms with Crippen molar-refractivity contribution < 1.29 is 9.59 Å². The lowest BCUT2D eigenvalue weighted by Crippen LogP contribution is -2.49. The van der Waals surface area contributed by atoms with Gasteiger partial charge in [0, 0.05) is 36.0 Å². The molecule has 0 atom stereocenters. The summed E-state index contributed by atoms with van der Waals surface area (Å²) < 4.78 is 0. The number of anilines is 2. The lowest BCUT2D eigenvalue weighted by atomic mass is 10.1. The SMILES string of the molecule is O=C(Cc1ccccc1)Nc1ccc(N2CCCN(Cc3ccc(Cl)cc3)C2=O)cc1. The van der Waals surface area contributed by atoms with Crippen LogP contribution in [0.1, 0.15) is 17.5 Å². The summed E-state index contributed by atoms with van der Waals surface area (Å²) in [5.41, 5.74) is 3.56. The lowest BCUT2D eigenvalue weighted by Gasteiger charge is -2.35. The maximum atomic E-state index is 13.0. The van der Waals surface area contributed by atoms with E-state index in [9.17, 15) is 9.59 Å². The molecule has 1 fully saturated rings. The zero-order valence-corrected chi connectivity index (χ0v) is 17.9. The Morgan fingerprint density at radius 3 is 2.29 bits per heavy atom. The lowest BCUT2D eigenvalue weighted by molar-refractivity contribution is -0.115. The predicted molar refractivity (Wildman–Crippen MR) is 124 cm³/mol. The van der Waals surface area contributed by atoms with Gasteiger partial charge in [0.05, 0.1) is 6.42 Å². The van der Waals surface area contributed by atoms with Crippen LogP contribution in [0.25, 0.3) is 0 Å². The molecule has 1 heterocycles. The molecule has 3 aromatic carbocycles. The molecule has 0 radical (unpaired) electrons. The fourth-order valence-electron chi connectivity index (χ4n) is 3.69. The van der Waals surface area contributed by atoms with Gasteiger partial charge in [-0.05, 0) is 53.9 Å². The maximum absolute atomic E-state index is 13.0. The molecule has 0 saturated carbocycles. The summed E-state index contributed by atoms with van der Waals surface area (Å²) in [5, 5.41) is 3.60. The number of carbonyl (C=O) groups excluding carboxylic acids is 2. The molecule has 158 valence electrons. The number of urea groups is 1. The Hall–Kier alpha value is -3.31. The Kier molecular flexibility index (Phi) is 6.53. The van der Waals surface area contributed by atoms with E-state index < -0.39 is 0 Å². The van der Waals surface area contributed by atoms with E-state index in [2.05, 4.69) is 5.32 Å². The highest BCUT2D eigenvalue weighted by molar-refractivity contribution is 6.30. The van der Waals surface area contributed by atoms with Crippen LogP contribution in [0.5, 0.6) is 0 Å². The number of hydrogen-bond acceptors (Lipinski definition) is 2. The average molecular weight is 434 g/mol. The molecule has 1 aliphatic rings. The summed E-state index contributed by atoms with van der Waals surface area (Å²) in [7, 11) is 0. The zero-order valence-electron chi connectivity index (χ0n) is 17.1. The molecule has 6 heteroatoms. The second kappa shape index (κ2) is 9.67. The van der Waals surface area contributed by atoms with Crippen LogP contribution in [-0.4, -0.2) is 29.9 Å². The van der Waals surface area contributed by atoms with E-state index in [0.29, 0.717) is 30.2 Å². The molecule has 31 heavy (non-hydrogen) atoms. The van der Waals surface area contributed by atoms with Gasteiger partial charge in [-0.2, -0.15) is 0 Å². The molecule has 3 aromatic rings. The number of benzene rings is 3. The second-order valence-corrected chi connectivity index (χ2v) is 8.03. The third-order valence-corrected chi connectivity index (χ3v) is 5.52. The molecule has 1 N–H and O–H groups in total. The second-order valence-electron chi connectivity index (χ2n) is 7.59. The van der Waals surface area contributed by atoms with Crippen LogP contribution in [0.4, 0.5) is 16.2 Å². The van der Waals surface area contributed by atoms with Crippen LogP contribution in [-0.2, 0) is 17.8 Å². The van der Waals surface area contributed by atoms with Crippen molar-refractivity contribution in [1.29, 1.82) is 0 Å². The molecule has 0 aliphatic carbocycles. The molecule has 0 spiro atoms. The topological polar surface area (TPSA) is 52.7 Å². The van der Waals surface area contributed by atoms with Crippen molar-refractivity contribution in [3.05, 3.63) is 95.0 Å². The van der Waals surface area contributed by atoms with Crippen LogP contribution in [0, 0.1) is 0 Å². The third-order valence-electron chi connectivity index (χ3n) is 5.27. The standard InChI is InChI=1S/C25H24ClN3O2/c26-21-9-7-20(8-10-21)18-28-15-4-16-29(25(28)31)23-13-11-22(12-14-23)27-24(30)17-19-5-2-1-3-6-19/h1-3,5-14H,4,15-18H2,(H,27,30). The quantitative estimate of drug-likeness (QED) is 0.569. The van der Waals surface area contributed by atoms with Gasteiger partial charge in [-0.1, -0.05) is 54.1 Å². The fraction of sp³-hybridized carbons (Fsp3) is 0.200. The third kappa shape index (κ3) is 5.44. The van der Waals surface area contributed by atoms with Gasteiger partial charge < -0.3 is 10.2 Å². The summed E-state index contributed by atoms with van der Waals surface area (Å²) >= 11 is 5.96. The van der Waals surface area contributed by atoms with Gasteiger partial charge in [-0.25, -0.2) is 4.79 Å². The van der Waals surface area contributed by atoms with Gasteiger partial charge in [0.2, 0.25) is 5.91 Å². The molecule has 1 saturated heterocycles. The van der Waals surface area contributed by atoms with Crippen LogP contribution in [0.15, 0.2) is 78.9 Å². The number of hydrogen-bond donors (Lipinski definition) is 1. The number of nitrogens with one attached hydrogen (secondary N) is 1. The molecule has 0 bridgehead atoms. The van der Waals surface area contributed by atoms with Crippen LogP contribution in [0.2, 0.25) is 5.02 Å². The molecule has 0 aromatic heterocycles. The van der Waals surface area contributed by atoms with E-state index in [4.69, 9.17) is 11.6 Å². The number of nitrogens with zero attached hydrogens (tertiary/aromatic N) is 2. The summed E-state index contributed by atoms with van der Waals surface area (Å²) in [5.74, 6) is -0.0675. The minimum absolute atomic E-state index is 0.0120. The normalized spacial score (nSPS) is 13.9. The van der Waals surface area contributed by atoms with Gasteiger partial charge in [-0.15, -0.1) is 0 Å². The van der Waals surface area contributed by atoms with Crippen LogP contribution in [0.3, 0.4) is 0 Å². The van der Waals surface area contributed by atoms with Gasteiger partial charge in [0.15, 0.2) is 0 Å². The van der Waals surface area contributed by atoms with E-state index >= 15 is 0 Å². The molecule has 1 aliphatic heterocycles. The molecular weight excluding hydrogens is 410 g/mol. The minimum Gasteiger partial charge on any atom is -0.326 e. The van der Waals surface area contributed by atoms with Gasteiger partial charge in [-0.3, -0.25) is 9.69 Å². The number of halogens is 1. The summed E-state index contributed by atoms with van der Waals surface area (Å²) in [6, 6.07) is 24.6. The number of carbonyl (C=O) groups is 2. The number of amides is 3.